The lowest BCUT2D eigenvalue weighted by atomic mass is 9.91. The lowest BCUT2D eigenvalue weighted by molar-refractivity contribution is 0.330. The maximum Gasteiger partial charge on any atom is 0.203 e. The molecule has 1 aromatic carbocycles. The predicted molar refractivity (Wildman–Crippen MR) is 87.6 cm³/mol. The van der Waals surface area contributed by atoms with Crippen molar-refractivity contribution >= 4 is 0 Å². The summed E-state index contributed by atoms with van der Waals surface area (Å²) in [5.41, 5.74) is 3.37. The number of rotatable bonds is 7. The molecule has 118 valence electrons. The SMILES string of the molecule is CCC/C(C)=C/CC(C)c1c(C)cc(OC)c(OC)c1O. The van der Waals surface area contributed by atoms with Crippen LogP contribution in [0.15, 0.2) is 17.7 Å². The highest BCUT2D eigenvalue weighted by Crippen LogP contribution is 2.44. The van der Waals surface area contributed by atoms with Crippen molar-refractivity contribution in [2.24, 2.45) is 0 Å². The smallest absolute Gasteiger partial charge is 0.203 e. The Labute approximate surface area is 128 Å². The minimum absolute atomic E-state index is 0.198. The summed E-state index contributed by atoms with van der Waals surface area (Å²) < 4.78 is 10.6. The van der Waals surface area contributed by atoms with Gasteiger partial charge in [0.05, 0.1) is 14.2 Å². The third-order valence-corrected chi connectivity index (χ3v) is 3.85. The van der Waals surface area contributed by atoms with E-state index in [2.05, 4.69) is 26.8 Å². The van der Waals surface area contributed by atoms with Crippen LogP contribution in [0.5, 0.6) is 17.2 Å². The average molecular weight is 292 g/mol. The Bertz CT molecular complexity index is 504. The number of hydrogen-bond acceptors (Lipinski definition) is 3. The van der Waals surface area contributed by atoms with Crippen LogP contribution >= 0.6 is 0 Å². The maximum atomic E-state index is 10.5. The van der Waals surface area contributed by atoms with Crippen molar-refractivity contribution in [1.29, 1.82) is 0 Å². The van der Waals surface area contributed by atoms with Crippen LogP contribution in [0.25, 0.3) is 0 Å². The molecule has 1 unspecified atom stereocenters. The second kappa shape index (κ2) is 7.96. The summed E-state index contributed by atoms with van der Waals surface area (Å²) in [7, 11) is 3.13. The van der Waals surface area contributed by atoms with Crippen molar-refractivity contribution in [2.75, 3.05) is 14.2 Å². The summed E-state index contributed by atoms with van der Waals surface area (Å²) in [4.78, 5) is 0. The van der Waals surface area contributed by atoms with Crippen LogP contribution in [0.1, 0.15) is 57.1 Å². The third kappa shape index (κ3) is 4.16. The monoisotopic (exact) mass is 292 g/mol. The van der Waals surface area contributed by atoms with E-state index in [1.165, 1.54) is 5.57 Å². The van der Waals surface area contributed by atoms with E-state index >= 15 is 0 Å². The first-order valence-corrected chi connectivity index (χ1v) is 7.56. The Morgan fingerprint density at radius 2 is 2.00 bits per heavy atom. The van der Waals surface area contributed by atoms with Gasteiger partial charge in [0.25, 0.3) is 0 Å². The molecule has 0 bridgehead atoms. The molecule has 21 heavy (non-hydrogen) atoms. The van der Waals surface area contributed by atoms with Gasteiger partial charge in [-0.2, -0.15) is 0 Å². The molecule has 1 N–H and O–H groups in total. The van der Waals surface area contributed by atoms with E-state index in [0.29, 0.717) is 11.5 Å². The molecule has 0 aliphatic rings. The second-order valence-corrected chi connectivity index (χ2v) is 5.63. The van der Waals surface area contributed by atoms with Gasteiger partial charge >= 0.3 is 0 Å². The molecule has 0 radical (unpaired) electrons. The van der Waals surface area contributed by atoms with E-state index < -0.39 is 0 Å². The molecule has 0 amide bonds. The van der Waals surface area contributed by atoms with E-state index in [1.54, 1.807) is 14.2 Å². The number of hydrogen-bond donors (Lipinski definition) is 1. The standard InChI is InChI=1S/C18H28O3/c1-7-8-12(2)9-10-13(3)16-14(4)11-15(20-5)18(21-6)17(16)19/h9,11,13,19H,7-8,10H2,1-6H3/b12-9+. The van der Waals surface area contributed by atoms with Crippen LogP contribution < -0.4 is 9.47 Å². The molecule has 0 aromatic heterocycles. The highest BCUT2D eigenvalue weighted by molar-refractivity contribution is 5.59. The fourth-order valence-electron chi connectivity index (χ4n) is 2.73. The molecule has 1 aromatic rings. The summed E-state index contributed by atoms with van der Waals surface area (Å²) in [5, 5.41) is 10.5. The first-order valence-electron chi connectivity index (χ1n) is 7.56. The van der Waals surface area contributed by atoms with Crippen LogP contribution in [-0.2, 0) is 0 Å². The van der Waals surface area contributed by atoms with Gasteiger partial charge in [-0.1, -0.05) is 31.9 Å². The Hall–Kier alpha value is -1.64. The normalized spacial score (nSPS) is 13.1. The Morgan fingerprint density at radius 3 is 2.52 bits per heavy atom. The quantitative estimate of drug-likeness (QED) is 0.722. The fourth-order valence-corrected chi connectivity index (χ4v) is 2.73. The average Bonchev–Trinajstić information content (AvgIpc) is 2.44. The molecule has 0 saturated carbocycles. The number of phenols is 1. The van der Waals surface area contributed by atoms with Crippen molar-refractivity contribution in [3.8, 4) is 17.2 Å². The molecule has 0 spiro atoms. The molecular weight excluding hydrogens is 264 g/mol. The second-order valence-electron chi connectivity index (χ2n) is 5.63. The van der Waals surface area contributed by atoms with E-state index in [9.17, 15) is 5.11 Å². The predicted octanol–water partition coefficient (Wildman–Crippen LogP) is 4.96. The third-order valence-electron chi connectivity index (χ3n) is 3.85. The largest absolute Gasteiger partial charge is 0.504 e. The van der Waals surface area contributed by atoms with E-state index in [4.69, 9.17) is 9.47 Å². The molecule has 0 saturated heterocycles. The summed E-state index contributed by atoms with van der Waals surface area (Å²) in [6, 6.07) is 1.92. The van der Waals surface area contributed by atoms with Gasteiger partial charge in [0.15, 0.2) is 11.5 Å². The molecule has 3 nitrogen and oxygen atoms in total. The van der Waals surface area contributed by atoms with Crippen molar-refractivity contribution in [2.45, 2.75) is 52.9 Å². The topological polar surface area (TPSA) is 38.7 Å². The van der Waals surface area contributed by atoms with E-state index in [-0.39, 0.29) is 11.7 Å². The fraction of sp³-hybridized carbons (Fsp3) is 0.556. The zero-order valence-corrected chi connectivity index (χ0v) is 14.1. The summed E-state index contributed by atoms with van der Waals surface area (Å²) in [5.74, 6) is 1.42. The molecule has 0 aliphatic heterocycles. The van der Waals surface area contributed by atoms with E-state index in [1.807, 2.05) is 13.0 Å². The van der Waals surface area contributed by atoms with Gasteiger partial charge in [-0.05, 0) is 44.2 Å². The minimum atomic E-state index is 0.198. The Balaban J connectivity index is 3.09. The first kappa shape index (κ1) is 17.4. The lowest BCUT2D eigenvalue weighted by Gasteiger charge is -2.19. The number of ether oxygens (including phenoxy) is 2. The van der Waals surface area contributed by atoms with Gasteiger partial charge in [-0.15, -0.1) is 0 Å². The summed E-state index contributed by atoms with van der Waals surface area (Å²) in [6.07, 6.45) is 5.47. The van der Waals surface area contributed by atoms with Gasteiger partial charge in [0, 0.05) is 5.56 Å². The number of benzene rings is 1. The summed E-state index contributed by atoms with van der Waals surface area (Å²) in [6.45, 7) is 8.47. The first-order chi connectivity index (χ1) is 9.96. The van der Waals surface area contributed by atoms with Crippen LogP contribution in [0.3, 0.4) is 0 Å². The van der Waals surface area contributed by atoms with Gasteiger partial charge in [-0.25, -0.2) is 0 Å². The van der Waals surface area contributed by atoms with Crippen molar-refractivity contribution < 1.29 is 14.6 Å². The molecule has 1 atom stereocenters. The van der Waals surface area contributed by atoms with E-state index in [0.717, 1.165) is 30.4 Å². The van der Waals surface area contributed by atoms with Crippen molar-refractivity contribution in [3.63, 3.8) is 0 Å². The highest BCUT2D eigenvalue weighted by atomic mass is 16.5. The molecular formula is C18H28O3. The molecule has 3 heteroatoms. The molecule has 0 heterocycles. The van der Waals surface area contributed by atoms with Gasteiger partial charge in [0.1, 0.15) is 0 Å². The zero-order valence-electron chi connectivity index (χ0n) is 14.1. The van der Waals surface area contributed by atoms with Gasteiger partial charge in [0.2, 0.25) is 5.75 Å². The maximum absolute atomic E-state index is 10.5. The van der Waals surface area contributed by atoms with Crippen molar-refractivity contribution in [1.82, 2.24) is 0 Å². The number of methoxy groups -OCH3 is 2. The highest BCUT2D eigenvalue weighted by Gasteiger charge is 2.20. The molecule has 1 rings (SSSR count). The van der Waals surface area contributed by atoms with Gasteiger partial charge in [-0.3, -0.25) is 0 Å². The molecule has 0 aliphatic carbocycles. The molecule has 0 fully saturated rings. The van der Waals surface area contributed by atoms with Crippen LogP contribution in [0, 0.1) is 6.92 Å². The van der Waals surface area contributed by atoms with Gasteiger partial charge < -0.3 is 14.6 Å². The van der Waals surface area contributed by atoms with Crippen LogP contribution in [0.4, 0.5) is 0 Å². The number of aromatic hydroxyl groups is 1. The minimum Gasteiger partial charge on any atom is -0.504 e. The Morgan fingerprint density at radius 1 is 1.33 bits per heavy atom. The lowest BCUT2D eigenvalue weighted by Crippen LogP contribution is -2.01. The van der Waals surface area contributed by atoms with Crippen molar-refractivity contribution in [3.05, 3.63) is 28.8 Å². The van der Waals surface area contributed by atoms with Crippen LogP contribution in [-0.4, -0.2) is 19.3 Å². The van der Waals surface area contributed by atoms with Crippen LogP contribution in [0.2, 0.25) is 0 Å². The zero-order chi connectivity index (χ0) is 16.0. The Kier molecular flexibility index (Phi) is 6.60. The number of phenolic OH excluding ortho intramolecular Hbond substituents is 1. The number of allylic oxidation sites excluding steroid dienone is 2. The summed E-state index contributed by atoms with van der Waals surface area (Å²) >= 11 is 0. The number of aryl methyl sites for hydroxylation is 1.